The third-order valence-electron chi connectivity index (χ3n) is 2.99. The molecule has 0 atom stereocenters. The lowest BCUT2D eigenvalue weighted by molar-refractivity contribution is 0.386. The molecule has 0 N–H and O–H groups in total. The van der Waals surface area contributed by atoms with E-state index in [9.17, 15) is 0 Å². The van der Waals surface area contributed by atoms with Crippen LogP contribution in [0.25, 0.3) is 16.5 Å². The van der Waals surface area contributed by atoms with Gasteiger partial charge in [-0.25, -0.2) is 0 Å². The Balaban J connectivity index is 2.17. The van der Waals surface area contributed by atoms with Crippen LogP contribution in [0, 0.1) is 0 Å². The zero-order chi connectivity index (χ0) is 13.2. The maximum atomic E-state index is 4.12. The number of benzene rings is 2. The van der Waals surface area contributed by atoms with Crippen molar-refractivity contribution in [2.24, 2.45) is 0 Å². The van der Waals surface area contributed by atoms with Crippen molar-refractivity contribution in [3.63, 3.8) is 0 Å². The SMILES string of the molecule is CN(C)Cc1nnnn1-c1cccc2ccccc12. The molecule has 0 aliphatic carbocycles. The zero-order valence-corrected chi connectivity index (χ0v) is 11.0. The van der Waals surface area contributed by atoms with Crippen molar-refractivity contribution in [1.82, 2.24) is 25.1 Å². The summed E-state index contributed by atoms with van der Waals surface area (Å²) >= 11 is 0. The lowest BCUT2D eigenvalue weighted by atomic mass is 10.1. The predicted octanol–water partition coefficient (Wildman–Crippen LogP) is 1.88. The van der Waals surface area contributed by atoms with E-state index in [4.69, 9.17) is 0 Å². The summed E-state index contributed by atoms with van der Waals surface area (Å²) in [5, 5.41) is 14.3. The fourth-order valence-electron chi connectivity index (χ4n) is 2.17. The van der Waals surface area contributed by atoms with Gasteiger partial charge in [0.05, 0.1) is 12.2 Å². The second-order valence-electron chi connectivity index (χ2n) is 4.74. The first-order chi connectivity index (χ1) is 9.25. The van der Waals surface area contributed by atoms with Crippen molar-refractivity contribution in [1.29, 1.82) is 0 Å². The summed E-state index contributed by atoms with van der Waals surface area (Å²) in [5.41, 5.74) is 1.01. The first-order valence-corrected chi connectivity index (χ1v) is 6.16. The van der Waals surface area contributed by atoms with Crippen molar-refractivity contribution in [2.45, 2.75) is 6.54 Å². The van der Waals surface area contributed by atoms with Gasteiger partial charge in [0.25, 0.3) is 0 Å². The first-order valence-electron chi connectivity index (χ1n) is 6.16. The van der Waals surface area contributed by atoms with Crippen molar-refractivity contribution in [3.05, 3.63) is 48.3 Å². The van der Waals surface area contributed by atoms with Crippen LogP contribution in [0.3, 0.4) is 0 Å². The average molecular weight is 253 g/mol. The van der Waals surface area contributed by atoms with Crippen LogP contribution in [0.2, 0.25) is 0 Å². The van der Waals surface area contributed by atoms with E-state index in [1.54, 1.807) is 0 Å². The van der Waals surface area contributed by atoms with Crippen LogP contribution in [-0.4, -0.2) is 39.2 Å². The van der Waals surface area contributed by atoms with Crippen molar-refractivity contribution < 1.29 is 0 Å². The molecule has 0 aliphatic rings. The van der Waals surface area contributed by atoms with E-state index in [0.29, 0.717) is 6.54 Å². The molecule has 1 heterocycles. The minimum Gasteiger partial charge on any atom is -0.302 e. The summed E-state index contributed by atoms with van der Waals surface area (Å²) in [6.45, 7) is 0.705. The number of aromatic nitrogens is 4. The van der Waals surface area contributed by atoms with Crippen LogP contribution < -0.4 is 0 Å². The number of hydrogen-bond acceptors (Lipinski definition) is 4. The van der Waals surface area contributed by atoms with Crippen molar-refractivity contribution >= 4 is 10.8 Å². The maximum Gasteiger partial charge on any atom is 0.170 e. The highest BCUT2D eigenvalue weighted by Crippen LogP contribution is 2.22. The van der Waals surface area contributed by atoms with Gasteiger partial charge in [-0.15, -0.1) is 5.10 Å². The molecule has 0 bridgehead atoms. The van der Waals surface area contributed by atoms with Crippen LogP contribution in [0.15, 0.2) is 42.5 Å². The Kier molecular flexibility index (Phi) is 2.97. The molecule has 0 unspecified atom stereocenters. The van der Waals surface area contributed by atoms with Gasteiger partial charge in [0.2, 0.25) is 0 Å². The number of fused-ring (bicyclic) bond motifs is 1. The molecule has 0 spiro atoms. The van der Waals surface area contributed by atoms with E-state index in [0.717, 1.165) is 16.9 Å². The van der Waals surface area contributed by atoms with Gasteiger partial charge in [-0.1, -0.05) is 36.4 Å². The van der Waals surface area contributed by atoms with Gasteiger partial charge in [0.15, 0.2) is 5.82 Å². The molecule has 0 fully saturated rings. The molecule has 0 saturated carbocycles. The molecule has 5 heteroatoms. The van der Waals surface area contributed by atoms with Gasteiger partial charge in [-0.05, 0) is 36.0 Å². The van der Waals surface area contributed by atoms with E-state index in [1.165, 1.54) is 5.39 Å². The van der Waals surface area contributed by atoms with Crippen LogP contribution in [0.5, 0.6) is 0 Å². The third-order valence-corrected chi connectivity index (χ3v) is 2.99. The van der Waals surface area contributed by atoms with Crippen LogP contribution >= 0.6 is 0 Å². The minimum atomic E-state index is 0.705. The lowest BCUT2D eigenvalue weighted by Gasteiger charge is -2.11. The van der Waals surface area contributed by atoms with E-state index < -0.39 is 0 Å². The van der Waals surface area contributed by atoms with Gasteiger partial charge >= 0.3 is 0 Å². The molecule has 3 aromatic rings. The topological polar surface area (TPSA) is 46.8 Å². The molecule has 1 aromatic heterocycles. The fraction of sp³-hybridized carbons (Fsp3) is 0.214. The highest BCUT2D eigenvalue weighted by molar-refractivity contribution is 5.89. The molecule has 5 nitrogen and oxygen atoms in total. The Hall–Kier alpha value is -2.27. The molecule has 0 amide bonds. The predicted molar refractivity (Wildman–Crippen MR) is 74.1 cm³/mol. The standard InChI is InChI=1S/C14H15N5/c1-18(2)10-14-15-16-17-19(14)13-9-5-7-11-6-3-4-8-12(11)13/h3-9H,10H2,1-2H3. The van der Waals surface area contributed by atoms with Crippen LogP contribution in [-0.2, 0) is 6.54 Å². The van der Waals surface area contributed by atoms with E-state index in [1.807, 2.05) is 47.9 Å². The normalized spacial score (nSPS) is 11.3. The molecule has 0 aliphatic heterocycles. The second kappa shape index (κ2) is 4.78. The Morgan fingerprint density at radius 1 is 1.05 bits per heavy atom. The Morgan fingerprint density at radius 3 is 2.68 bits per heavy atom. The van der Waals surface area contributed by atoms with Gasteiger partial charge in [-0.3, -0.25) is 0 Å². The quantitative estimate of drug-likeness (QED) is 0.715. The Morgan fingerprint density at radius 2 is 1.84 bits per heavy atom. The molecule has 19 heavy (non-hydrogen) atoms. The minimum absolute atomic E-state index is 0.705. The lowest BCUT2D eigenvalue weighted by Crippen LogP contribution is -2.15. The molecular weight excluding hydrogens is 238 g/mol. The van der Waals surface area contributed by atoms with E-state index in [2.05, 4.69) is 33.7 Å². The average Bonchev–Trinajstić information content (AvgIpc) is 2.85. The van der Waals surface area contributed by atoms with Gasteiger partial charge < -0.3 is 4.90 Å². The van der Waals surface area contributed by atoms with Crippen LogP contribution in [0.4, 0.5) is 0 Å². The summed E-state index contributed by atoms with van der Waals surface area (Å²) in [5.74, 6) is 0.835. The summed E-state index contributed by atoms with van der Waals surface area (Å²) in [4.78, 5) is 2.05. The third kappa shape index (κ3) is 2.20. The summed E-state index contributed by atoms with van der Waals surface area (Å²) in [7, 11) is 4.00. The van der Waals surface area contributed by atoms with Gasteiger partial charge in [0.1, 0.15) is 0 Å². The largest absolute Gasteiger partial charge is 0.302 e. The highest BCUT2D eigenvalue weighted by atomic mass is 15.5. The highest BCUT2D eigenvalue weighted by Gasteiger charge is 2.11. The molecular formula is C14H15N5. The van der Waals surface area contributed by atoms with Crippen LogP contribution in [0.1, 0.15) is 5.82 Å². The second-order valence-corrected chi connectivity index (χ2v) is 4.74. The zero-order valence-electron chi connectivity index (χ0n) is 11.0. The summed E-state index contributed by atoms with van der Waals surface area (Å²) in [6, 6.07) is 14.4. The van der Waals surface area contributed by atoms with Crippen molar-refractivity contribution in [2.75, 3.05) is 14.1 Å². The number of tetrazole rings is 1. The Labute approximate surface area is 111 Å². The molecule has 2 aromatic carbocycles. The molecule has 3 rings (SSSR count). The fourth-order valence-corrected chi connectivity index (χ4v) is 2.17. The summed E-state index contributed by atoms with van der Waals surface area (Å²) < 4.78 is 1.81. The van der Waals surface area contributed by atoms with E-state index >= 15 is 0 Å². The molecule has 0 radical (unpaired) electrons. The van der Waals surface area contributed by atoms with Gasteiger partial charge in [0, 0.05) is 5.39 Å². The number of nitrogens with zero attached hydrogens (tertiary/aromatic N) is 5. The molecule has 0 saturated heterocycles. The monoisotopic (exact) mass is 253 g/mol. The Bertz CT molecular complexity index is 696. The maximum absolute atomic E-state index is 4.12. The van der Waals surface area contributed by atoms with Crippen molar-refractivity contribution in [3.8, 4) is 5.69 Å². The number of rotatable bonds is 3. The summed E-state index contributed by atoms with van der Waals surface area (Å²) in [6.07, 6.45) is 0. The molecule has 96 valence electrons. The number of hydrogen-bond donors (Lipinski definition) is 0. The van der Waals surface area contributed by atoms with E-state index in [-0.39, 0.29) is 0 Å². The first kappa shape index (κ1) is 11.8. The van der Waals surface area contributed by atoms with Gasteiger partial charge in [-0.2, -0.15) is 4.68 Å². The smallest absolute Gasteiger partial charge is 0.170 e.